The normalized spacial score (nSPS) is 28.0. The second-order valence-electron chi connectivity index (χ2n) is 5.60. The summed E-state index contributed by atoms with van der Waals surface area (Å²) in [6.07, 6.45) is 0.218. The Labute approximate surface area is 115 Å². The summed E-state index contributed by atoms with van der Waals surface area (Å²) in [5, 5.41) is 9.74. The number of hydrogen-bond donors (Lipinski definition) is 2. The number of nitrogens with two attached hydrogens (primary N) is 1. The van der Waals surface area contributed by atoms with Crippen LogP contribution in [0.1, 0.15) is 19.4 Å². The third-order valence-electron chi connectivity index (χ3n) is 3.85. The predicted octanol–water partition coefficient (Wildman–Crippen LogP) is 0.942. The lowest BCUT2D eigenvalue weighted by Gasteiger charge is -2.42. The molecule has 3 unspecified atom stereocenters. The van der Waals surface area contributed by atoms with Crippen molar-refractivity contribution in [2.75, 3.05) is 26.3 Å². The third kappa shape index (κ3) is 3.34. The van der Waals surface area contributed by atoms with Crippen molar-refractivity contribution in [3.05, 3.63) is 35.9 Å². The smallest absolute Gasteiger partial charge is 0.0773 e. The molecule has 19 heavy (non-hydrogen) atoms. The molecule has 1 aliphatic rings. The molecule has 1 saturated heterocycles. The molecular weight excluding hydrogens is 240 g/mol. The van der Waals surface area contributed by atoms with Gasteiger partial charge in [0, 0.05) is 19.1 Å². The highest BCUT2D eigenvalue weighted by Gasteiger charge is 2.33. The van der Waals surface area contributed by atoms with E-state index in [1.807, 2.05) is 30.3 Å². The van der Waals surface area contributed by atoms with E-state index in [0.29, 0.717) is 12.6 Å². The zero-order chi connectivity index (χ0) is 13.9. The lowest BCUT2D eigenvalue weighted by atomic mass is 9.90. The van der Waals surface area contributed by atoms with Crippen LogP contribution in [0.5, 0.6) is 0 Å². The van der Waals surface area contributed by atoms with Crippen LogP contribution in [0, 0.1) is 0 Å². The minimum absolute atomic E-state index is 0.0600. The highest BCUT2D eigenvalue weighted by Crippen LogP contribution is 2.22. The molecule has 3 atom stereocenters. The number of ether oxygens (including phenoxy) is 1. The van der Waals surface area contributed by atoms with Gasteiger partial charge in [-0.1, -0.05) is 30.3 Å². The first-order valence-electron chi connectivity index (χ1n) is 6.86. The number of nitrogens with zero attached hydrogens (tertiary/aromatic N) is 1. The Balaban J connectivity index is 2.14. The average Bonchev–Trinajstić information content (AvgIpc) is 2.44. The molecule has 1 aromatic carbocycles. The van der Waals surface area contributed by atoms with Crippen molar-refractivity contribution in [3.63, 3.8) is 0 Å². The molecule has 2 rings (SSSR count). The standard InChI is InChI=1S/C15H24N2O2/c1-12-9-19-13(2)8-17(12)10-15(16,11-18)14-6-4-3-5-7-14/h3-7,12-13,18H,8-11,16H2,1-2H3. The maximum Gasteiger partial charge on any atom is 0.0773 e. The molecule has 1 heterocycles. The van der Waals surface area contributed by atoms with Crippen LogP contribution in [-0.4, -0.2) is 48.5 Å². The fraction of sp³-hybridized carbons (Fsp3) is 0.600. The Kier molecular flexibility index (Phi) is 4.58. The van der Waals surface area contributed by atoms with Crippen molar-refractivity contribution in [1.82, 2.24) is 4.90 Å². The van der Waals surface area contributed by atoms with E-state index < -0.39 is 5.54 Å². The Bertz CT molecular complexity index is 398. The van der Waals surface area contributed by atoms with Crippen molar-refractivity contribution in [3.8, 4) is 0 Å². The van der Waals surface area contributed by atoms with Crippen LogP contribution in [0.3, 0.4) is 0 Å². The predicted molar refractivity (Wildman–Crippen MR) is 75.8 cm³/mol. The monoisotopic (exact) mass is 264 g/mol. The van der Waals surface area contributed by atoms with Crippen LogP contribution < -0.4 is 5.73 Å². The molecule has 3 N–H and O–H groups in total. The highest BCUT2D eigenvalue weighted by molar-refractivity contribution is 5.24. The highest BCUT2D eigenvalue weighted by atomic mass is 16.5. The first-order chi connectivity index (χ1) is 9.05. The number of aliphatic hydroxyl groups is 1. The summed E-state index contributed by atoms with van der Waals surface area (Å²) in [7, 11) is 0. The maximum absolute atomic E-state index is 9.74. The molecule has 0 bridgehead atoms. The lowest BCUT2D eigenvalue weighted by molar-refractivity contribution is -0.0594. The Morgan fingerprint density at radius 3 is 2.68 bits per heavy atom. The summed E-state index contributed by atoms with van der Waals surface area (Å²) in [6.45, 7) is 6.36. The number of benzene rings is 1. The summed E-state index contributed by atoms with van der Waals surface area (Å²) in [4.78, 5) is 2.30. The number of morpholine rings is 1. The van der Waals surface area contributed by atoms with Gasteiger partial charge in [-0.3, -0.25) is 4.90 Å². The quantitative estimate of drug-likeness (QED) is 0.850. The molecule has 4 heteroatoms. The molecule has 1 aliphatic heterocycles. The van der Waals surface area contributed by atoms with Crippen LogP contribution in [0.4, 0.5) is 0 Å². The van der Waals surface area contributed by atoms with Gasteiger partial charge in [0.05, 0.1) is 24.9 Å². The van der Waals surface area contributed by atoms with Crippen molar-refractivity contribution < 1.29 is 9.84 Å². The second-order valence-corrected chi connectivity index (χ2v) is 5.60. The SMILES string of the molecule is CC1CN(CC(N)(CO)c2ccccc2)C(C)CO1. The first kappa shape index (κ1) is 14.5. The molecule has 4 nitrogen and oxygen atoms in total. The number of rotatable bonds is 4. The van der Waals surface area contributed by atoms with Crippen molar-refractivity contribution in [2.24, 2.45) is 5.73 Å². The van der Waals surface area contributed by atoms with Gasteiger partial charge in [-0.2, -0.15) is 0 Å². The summed E-state index contributed by atoms with van der Waals surface area (Å²) in [6, 6.07) is 10.2. The zero-order valence-electron chi connectivity index (χ0n) is 11.7. The van der Waals surface area contributed by atoms with Gasteiger partial charge in [0.2, 0.25) is 0 Å². The summed E-state index contributed by atoms with van der Waals surface area (Å²) < 4.78 is 5.63. The van der Waals surface area contributed by atoms with E-state index in [0.717, 1.165) is 18.7 Å². The zero-order valence-corrected chi connectivity index (χ0v) is 11.7. The Morgan fingerprint density at radius 1 is 1.37 bits per heavy atom. The van der Waals surface area contributed by atoms with E-state index in [1.54, 1.807) is 0 Å². The van der Waals surface area contributed by atoms with E-state index >= 15 is 0 Å². The summed E-state index contributed by atoms with van der Waals surface area (Å²) in [5.74, 6) is 0. The van der Waals surface area contributed by atoms with Gasteiger partial charge in [-0.25, -0.2) is 0 Å². The fourth-order valence-corrected chi connectivity index (χ4v) is 2.56. The van der Waals surface area contributed by atoms with Gasteiger partial charge in [0.25, 0.3) is 0 Å². The van der Waals surface area contributed by atoms with Gasteiger partial charge in [0.15, 0.2) is 0 Å². The van der Waals surface area contributed by atoms with E-state index in [-0.39, 0.29) is 12.7 Å². The van der Waals surface area contributed by atoms with Crippen molar-refractivity contribution in [2.45, 2.75) is 31.5 Å². The minimum atomic E-state index is -0.716. The number of aliphatic hydroxyl groups excluding tert-OH is 1. The molecule has 1 fully saturated rings. The van der Waals surface area contributed by atoms with E-state index in [1.165, 1.54) is 0 Å². The first-order valence-corrected chi connectivity index (χ1v) is 6.86. The van der Waals surface area contributed by atoms with Gasteiger partial charge in [0.1, 0.15) is 0 Å². The second kappa shape index (κ2) is 6.01. The van der Waals surface area contributed by atoms with Crippen molar-refractivity contribution in [1.29, 1.82) is 0 Å². The molecule has 0 radical (unpaired) electrons. The van der Waals surface area contributed by atoms with Gasteiger partial charge >= 0.3 is 0 Å². The molecule has 0 aliphatic carbocycles. The van der Waals surface area contributed by atoms with Crippen LogP contribution in [0.25, 0.3) is 0 Å². The average molecular weight is 264 g/mol. The van der Waals surface area contributed by atoms with Crippen LogP contribution in [0.15, 0.2) is 30.3 Å². The number of hydrogen-bond acceptors (Lipinski definition) is 4. The lowest BCUT2D eigenvalue weighted by Crippen LogP contribution is -2.57. The maximum atomic E-state index is 9.74. The van der Waals surface area contributed by atoms with Crippen LogP contribution in [0.2, 0.25) is 0 Å². The largest absolute Gasteiger partial charge is 0.394 e. The van der Waals surface area contributed by atoms with Crippen molar-refractivity contribution >= 4 is 0 Å². The Morgan fingerprint density at radius 2 is 2.05 bits per heavy atom. The van der Waals surface area contributed by atoms with Gasteiger partial charge < -0.3 is 15.6 Å². The molecule has 0 aromatic heterocycles. The molecule has 0 spiro atoms. The topological polar surface area (TPSA) is 58.7 Å². The van der Waals surface area contributed by atoms with Gasteiger partial charge in [-0.15, -0.1) is 0 Å². The molecule has 0 amide bonds. The summed E-state index contributed by atoms with van der Waals surface area (Å²) in [5.41, 5.74) is 6.68. The molecular formula is C15H24N2O2. The van der Waals surface area contributed by atoms with Crippen LogP contribution in [-0.2, 0) is 10.3 Å². The molecule has 1 aromatic rings. The minimum Gasteiger partial charge on any atom is -0.394 e. The Hall–Kier alpha value is -0.940. The van der Waals surface area contributed by atoms with E-state index in [9.17, 15) is 5.11 Å². The van der Waals surface area contributed by atoms with E-state index in [2.05, 4.69) is 18.7 Å². The van der Waals surface area contributed by atoms with E-state index in [4.69, 9.17) is 10.5 Å². The molecule has 0 saturated carbocycles. The molecule has 106 valence electrons. The third-order valence-corrected chi connectivity index (χ3v) is 3.85. The summed E-state index contributed by atoms with van der Waals surface area (Å²) >= 11 is 0. The van der Waals surface area contributed by atoms with Crippen LogP contribution >= 0.6 is 0 Å². The van der Waals surface area contributed by atoms with Gasteiger partial charge in [-0.05, 0) is 19.4 Å². The fourth-order valence-electron chi connectivity index (χ4n) is 2.56.